The predicted octanol–water partition coefficient (Wildman–Crippen LogP) is 4.00. The molecule has 7 rings (SSSR count). The predicted molar refractivity (Wildman–Crippen MR) is 158 cm³/mol. The summed E-state index contributed by atoms with van der Waals surface area (Å²) in [5.74, 6) is 1.90. The number of anilines is 3. The van der Waals surface area contributed by atoms with Crippen molar-refractivity contribution in [1.29, 1.82) is 0 Å². The van der Waals surface area contributed by atoms with Gasteiger partial charge in [-0.15, -0.1) is 0 Å². The molecule has 4 aliphatic heterocycles. The Bertz CT molecular complexity index is 1420. The molecule has 0 spiro atoms. The first-order valence-electron chi connectivity index (χ1n) is 14.1. The van der Waals surface area contributed by atoms with E-state index in [-0.39, 0.29) is 11.9 Å². The van der Waals surface area contributed by atoms with Gasteiger partial charge in [0.05, 0.1) is 24.2 Å². The number of sulfonamides is 1. The average molecular weight is 585 g/mol. The second kappa shape index (κ2) is 12.0. The summed E-state index contributed by atoms with van der Waals surface area (Å²) in [5, 5.41) is 9.98. The van der Waals surface area contributed by atoms with Gasteiger partial charge in [-0.2, -0.15) is 4.37 Å². The van der Waals surface area contributed by atoms with E-state index in [0.29, 0.717) is 17.4 Å². The molecule has 3 aromatic rings. The molecule has 0 amide bonds. The van der Waals surface area contributed by atoms with Gasteiger partial charge in [-0.1, -0.05) is 0 Å². The Labute approximate surface area is 239 Å². The molecule has 8 bridgehead atoms. The van der Waals surface area contributed by atoms with Crippen LogP contribution in [0.1, 0.15) is 38.5 Å². The van der Waals surface area contributed by atoms with Crippen molar-refractivity contribution >= 4 is 38.7 Å². The fourth-order valence-electron chi connectivity index (χ4n) is 5.97. The number of pyridine rings is 1. The minimum Gasteiger partial charge on any atom is -0.395 e. The minimum absolute atomic E-state index is 0.227. The van der Waals surface area contributed by atoms with E-state index in [1.165, 1.54) is 24.4 Å². The molecule has 10 nitrogen and oxygen atoms in total. The van der Waals surface area contributed by atoms with Gasteiger partial charge in [0.2, 0.25) is 10.0 Å². The molecule has 6 heterocycles. The summed E-state index contributed by atoms with van der Waals surface area (Å²) >= 11 is 1.36. The van der Waals surface area contributed by atoms with E-state index in [4.69, 9.17) is 24.2 Å². The van der Waals surface area contributed by atoms with E-state index in [0.717, 1.165) is 86.1 Å². The molecule has 12 heteroatoms. The molecule has 0 saturated carbocycles. The number of fused-ring (bicyclic) bond motifs is 5. The van der Waals surface area contributed by atoms with Crippen molar-refractivity contribution in [3.8, 4) is 22.0 Å². The number of aliphatic hydroxyl groups is 1. The van der Waals surface area contributed by atoms with Gasteiger partial charge < -0.3 is 19.6 Å². The Morgan fingerprint density at radius 2 is 1.90 bits per heavy atom. The smallest absolute Gasteiger partial charge is 0.234 e. The minimum atomic E-state index is -3.65. The lowest BCUT2D eigenvalue weighted by atomic mass is 9.93. The Morgan fingerprint density at radius 1 is 1.05 bits per heavy atom. The van der Waals surface area contributed by atoms with Gasteiger partial charge >= 0.3 is 0 Å². The number of aromatic nitrogens is 3. The molecule has 1 unspecified atom stereocenters. The summed E-state index contributed by atoms with van der Waals surface area (Å²) in [6.07, 6.45) is 8.56. The summed E-state index contributed by atoms with van der Waals surface area (Å²) in [6, 6.07) is 9.58. The van der Waals surface area contributed by atoms with Crippen LogP contribution in [0.25, 0.3) is 22.0 Å². The normalized spacial score (nSPS) is 21.7. The van der Waals surface area contributed by atoms with Crippen LogP contribution in [0.2, 0.25) is 0 Å². The molecule has 4 aliphatic rings. The van der Waals surface area contributed by atoms with Crippen molar-refractivity contribution in [1.82, 2.24) is 14.3 Å². The van der Waals surface area contributed by atoms with Crippen LogP contribution >= 0.6 is 11.5 Å². The zero-order valence-electron chi connectivity index (χ0n) is 22.5. The van der Waals surface area contributed by atoms with Crippen LogP contribution < -0.4 is 14.5 Å². The molecular formula is C28H36N6O4S2. The van der Waals surface area contributed by atoms with Gasteiger partial charge in [0.15, 0.2) is 5.82 Å². The van der Waals surface area contributed by atoms with Gasteiger partial charge in [0.25, 0.3) is 0 Å². The van der Waals surface area contributed by atoms with Crippen molar-refractivity contribution in [3.05, 3.63) is 36.5 Å². The third-order valence-corrected chi connectivity index (χ3v) is 10.1. The summed E-state index contributed by atoms with van der Waals surface area (Å²) in [7, 11) is -3.65. The van der Waals surface area contributed by atoms with E-state index in [9.17, 15) is 8.42 Å². The maximum Gasteiger partial charge on any atom is 0.234 e. The van der Waals surface area contributed by atoms with Crippen molar-refractivity contribution in [2.75, 3.05) is 59.7 Å². The first-order valence-corrected chi connectivity index (χ1v) is 16.6. The quantitative estimate of drug-likeness (QED) is 0.469. The summed E-state index contributed by atoms with van der Waals surface area (Å²) < 4.78 is 38.4. The van der Waals surface area contributed by atoms with E-state index >= 15 is 0 Å². The van der Waals surface area contributed by atoms with Crippen LogP contribution in [0, 0.1) is 5.92 Å². The number of ether oxygens (including phenoxy) is 1. The number of nitrogens with zero attached hydrogens (tertiary/aromatic N) is 5. The van der Waals surface area contributed by atoms with E-state index in [1.807, 2.05) is 24.4 Å². The van der Waals surface area contributed by atoms with Gasteiger partial charge in [0, 0.05) is 55.8 Å². The van der Waals surface area contributed by atoms with Crippen molar-refractivity contribution in [2.45, 2.75) is 44.6 Å². The molecule has 40 heavy (non-hydrogen) atoms. The highest BCUT2D eigenvalue weighted by Crippen LogP contribution is 2.37. The lowest BCUT2D eigenvalue weighted by Crippen LogP contribution is -2.37. The fourth-order valence-corrected chi connectivity index (χ4v) is 7.47. The average Bonchev–Trinajstić information content (AvgIpc) is 3.46. The largest absolute Gasteiger partial charge is 0.395 e. The maximum atomic E-state index is 12.4. The first kappa shape index (κ1) is 27.4. The molecular weight excluding hydrogens is 548 g/mol. The highest BCUT2D eigenvalue weighted by atomic mass is 32.2. The maximum absolute atomic E-state index is 12.4. The van der Waals surface area contributed by atoms with Crippen LogP contribution in [0.15, 0.2) is 36.5 Å². The van der Waals surface area contributed by atoms with Crippen LogP contribution in [-0.4, -0.2) is 79.1 Å². The zero-order valence-corrected chi connectivity index (χ0v) is 24.2. The summed E-state index contributed by atoms with van der Waals surface area (Å²) in [4.78, 5) is 14.3. The Morgan fingerprint density at radius 3 is 2.75 bits per heavy atom. The van der Waals surface area contributed by atoms with Crippen molar-refractivity contribution < 1.29 is 18.3 Å². The molecule has 0 aliphatic carbocycles. The highest BCUT2D eigenvalue weighted by Gasteiger charge is 2.26. The lowest BCUT2D eigenvalue weighted by Gasteiger charge is -2.35. The Hall–Kier alpha value is -2.80. The zero-order chi connectivity index (χ0) is 27.5. The number of piperidine rings is 2. The number of aliphatic hydroxyl groups excluding tert-OH is 1. The monoisotopic (exact) mass is 584 g/mol. The Kier molecular flexibility index (Phi) is 8.20. The van der Waals surface area contributed by atoms with Gasteiger partial charge in [-0.3, -0.25) is 4.72 Å². The summed E-state index contributed by atoms with van der Waals surface area (Å²) in [6.45, 7) is 3.98. The number of hydrogen-bond acceptors (Lipinski definition) is 10. The van der Waals surface area contributed by atoms with Gasteiger partial charge in [-0.05, 0) is 86.3 Å². The highest BCUT2D eigenvalue weighted by molar-refractivity contribution is 7.92. The van der Waals surface area contributed by atoms with Gasteiger partial charge in [0.1, 0.15) is 10.8 Å². The van der Waals surface area contributed by atoms with Crippen LogP contribution in [0.3, 0.4) is 0 Å². The molecule has 2 saturated heterocycles. The molecule has 2 aromatic heterocycles. The molecule has 2 fully saturated rings. The third-order valence-electron chi connectivity index (χ3n) is 8.03. The molecule has 0 radical (unpaired) electrons. The van der Waals surface area contributed by atoms with E-state index < -0.39 is 16.6 Å². The number of nitrogens with one attached hydrogen (secondary N) is 1. The van der Waals surface area contributed by atoms with Crippen LogP contribution in [-0.2, 0) is 14.8 Å². The SMILES string of the molecule is O=S(=O)(CCO)Nc1ccc2c(c1)N1CCC(CC1)OCCCC1CCCN(C1)c1cc(ccn1)-c1nc-2ns1. The molecule has 214 valence electrons. The number of rotatable bonds is 4. The van der Waals surface area contributed by atoms with Crippen LogP contribution in [0.4, 0.5) is 17.2 Å². The molecule has 1 atom stereocenters. The fraction of sp³-hybridized carbons (Fsp3) is 0.536. The molecule has 1 aromatic carbocycles. The Balaban J connectivity index is 1.37. The van der Waals surface area contributed by atoms with Crippen molar-refractivity contribution in [2.24, 2.45) is 5.92 Å². The van der Waals surface area contributed by atoms with Gasteiger partial charge in [-0.25, -0.2) is 18.4 Å². The molecule has 2 N–H and O–H groups in total. The third kappa shape index (κ3) is 6.24. The van der Waals surface area contributed by atoms with E-state index in [1.54, 1.807) is 6.07 Å². The second-order valence-electron chi connectivity index (χ2n) is 10.9. The summed E-state index contributed by atoms with van der Waals surface area (Å²) in [5.41, 5.74) is 3.20. The number of benzene rings is 1. The first-order chi connectivity index (χ1) is 19.5. The second-order valence-corrected chi connectivity index (χ2v) is 13.4. The standard InChI is InChI=1S/C28H36N6O4S2/c35-14-16-40(36,37)32-22-5-6-24-25(18-22)33-12-8-23(9-13-33)38-15-2-4-20-3-1-11-34(19-20)26-17-21(7-10-29-26)28-30-27(24)31-39-28/h5-7,10,17-18,20,23,32,35H,1-4,8-9,11-16,19H2. The number of hydrogen-bond donors (Lipinski definition) is 2. The van der Waals surface area contributed by atoms with Crippen LogP contribution in [0.5, 0.6) is 0 Å². The van der Waals surface area contributed by atoms with E-state index in [2.05, 4.69) is 20.6 Å². The van der Waals surface area contributed by atoms with Crippen molar-refractivity contribution in [3.63, 3.8) is 0 Å². The topological polar surface area (TPSA) is 121 Å². The lowest BCUT2D eigenvalue weighted by molar-refractivity contribution is 0.0330.